The fourth-order valence-corrected chi connectivity index (χ4v) is 4.83. The van der Waals surface area contributed by atoms with Crippen LogP contribution in [0.3, 0.4) is 0 Å². The number of aromatic amines is 1. The third-order valence-corrected chi connectivity index (χ3v) is 6.23. The van der Waals surface area contributed by atoms with Gasteiger partial charge in [0.15, 0.2) is 0 Å². The summed E-state index contributed by atoms with van der Waals surface area (Å²) in [6, 6.07) is 8.36. The Labute approximate surface area is 144 Å². The summed E-state index contributed by atoms with van der Waals surface area (Å²) in [7, 11) is 0. The molecule has 3 nitrogen and oxygen atoms in total. The number of rotatable bonds is 3. The van der Waals surface area contributed by atoms with E-state index >= 15 is 0 Å². The molecule has 3 atom stereocenters. The van der Waals surface area contributed by atoms with Gasteiger partial charge in [0.2, 0.25) is 5.91 Å². The van der Waals surface area contributed by atoms with Gasteiger partial charge >= 0.3 is 0 Å². The molecule has 2 heterocycles. The van der Waals surface area contributed by atoms with E-state index in [4.69, 9.17) is 0 Å². The molecule has 2 aliphatic rings. The number of H-pyrrole nitrogens is 1. The molecular weight excluding hydrogens is 296 g/mol. The predicted octanol–water partition coefficient (Wildman–Crippen LogP) is 4.39. The van der Waals surface area contributed by atoms with Crippen molar-refractivity contribution in [1.29, 1.82) is 0 Å². The van der Waals surface area contributed by atoms with Crippen molar-refractivity contribution >= 4 is 16.8 Å². The zero-order valence-electron chi connectivity index (χ0n) is 14.6. The van der Waals surface area contributed by atoms with Crippen molar-refractivity contribution < 1.29 is 4.79 Å². The van der Waals surface area contributed by atoms with Crippen molar-refractivity contribution in [3.63, 3.8) is 0 Å². The van der Waals surface area contributed by atoms with Gasteiger partial charge in [-0.1, -0.05) is 44.4 Å². The molecule has 1 N–H and O–H groups in total. The lowest BCUT2D eigenvalue weighted by Crippen LogP contribution is -2.46. The molecular formula is C21H28N2O. The number of likely N-dealkylation sites (tertiary alicyclic amines) is 1. The standard InChI is InChI=1S/C21H28N2O/c1-15(12-18-13-22-20-9-5-4-8-19(18)20)21(24)23-11-10-16-6-2-3-7-17(16)14-23/h4-5,8-9,13,15-17,22H,2-3,6-7,10-12,14H2,1H3. The Balaban J connectivity index is 1.42. The van der Waals surface area contributed by atoms with E-state index in [2.05, 4.69) is 41.2 Å². The summed E-state index contributed by atoms with van der Waals surface area (Å²) in [5, 5.41) is 1.25. The number of carbonyl (C=O) groups excluding carboxylic acids is 1. The van der Waals surface area contributed by atoms with Gasteiger partial charge in [-0.2, -0.15) is 0 Å². The van der Waals surface area contributed by atoms with Gasteiger partial charge in [0, 0.05) is 36.1 Å². The molecule has 1 saturated carbocycles. The van der Waals surface area contributed by atoms with E-state index < -0.39 is 0 Å². The lowest BCUT2D eigenvalue weighted by atomic mass is 9.75. The van der Waals surface area contributed by atoms with Crippen molar-refractivity contribution in [2.24, 2.45) is 17.8 Å². The molecule has 24 heavy (non-hydrogen) atoms. The SMILES string of the molecule is CC(Cc1c[nH]c2ccccc12)C(=O)N1CCC2CCCCC2C1. The van der Waals surface area contributed by atoms with Crippen LogP contribution in [-0.4, -0.2) is 28.9 Å². The largest absolute Gasteiger partial charge is 0.361 e. The summed E-state index contributed by atoms with van der Waals surface area (Å²) in [5.41, 5.74) is 2.43. The van der Waals surface area contributed by atoms with Crippen LogP contribution in [-0.2, 0) is 11.2 Å². The second kappa shape index (κ2) is 6.62. The number of aromatic nitrogens is 1. The molecule has 0 spiro atoms. The first kappa shape index (κ1) is 15.7. The van der Waals surface area contributed by atoms with E-state index in [1.165, 1.54) is 43.1 Å². The van der Waals surface area contributed by atoms with Crippen LogP contribution in [0.1, 0.15) is 44.6 Å². The lowest BCUT2D eigenvalue weighted by molar-refractivity contribution is -0.138. The van der Waals surface area contributed by atoms with Gasteiger partial charge in [-0.25, -0.2) is 0 Å². The molecule has 4 rings (SSSR count). The third-order valence-electron chi connectivity index (χ3n) is 6.23. The van der Waals surface area contributed by atoms with Crippen LogP contribution in [0.2, 0.25) is 0 Å². The first-order valence-corrected chi connectivity index (χ1v) is 9.56. The number of fused-ring (bicyclic) bond motifs is 2. The van der Waals surface area contributed by atoms with E-state index in [1.54, 1.807) is 0 Å². The number of nitrogens with one attached hydrogen (secondary N) is 1. The number of para-hydroxylation sites is 1. The number of nitrogens with zero attached hydrogens (tertiary/aromatic N) is 1. The summed E-state index contributed by atoms with van der Waals surface area (Å²) >= 11 is 0. The molecule has 1 aromatic carbocycles. The number of carbonyl (C=O) groups is 1. The molecule has 2 aromatic rings. The van der Waals surface area contributed by atoms with Gasteiger partial charge < -0.3 is 9.88 Å². The second-order valence-electron chi connectivity index (χ2n) is 7.84. The highest BCUT2D eigenvalue weighted by atomic mass is 16.2. The first-order chi connectivity index (χ1) is 11.7. The minimum absolute atomic E-state index is 0.0596. The summed E-state index contributed by atoms with van der Waals surface area (Å²) in [4.78, 5) is 18.4. The topological polar surface area (TPSA) is 36.1 Å². The van der Waals surface area contributed by atoms with E-state index in [0.29, 0.717) is 5.91 Å². The fourth-order valence-electron chi connectivity index (χ4n) is 4.83. The normalized spacial score (nSPS) is 25.5. The van der Waals surface area contributed by atoms with Crippen LogP contribution < -0.4 is 0 Å². The van der Waals surface area contributed by atoms with Crippen molar-refractivity contribution in [3.05, 3.63) is 36.0 Å². The molecule has 1 saturated heterocycles. The fraction of sp³-hybridized carbons (Fsp3) is 0.571. The quantitative estimate of drug-likeness (QED) is 0.893. The highest BCUT2D eigenvalue weighted by Gasteiger charge is 2.34. The van der Waals surface area contributed by atoms with E-state index in [9.17, 15) is 4.79 Å². The van der Waals surface area contributed by atoms with Crippen LogP contribution in [0.15, 0.2) is 30.5 Å². The molecule has 128 valence electrons. The Morgan fingerprint density at radius 2 is 2.00 bits per heavy atom. The average Bonchev–Trinajstić information content (AvgIpc) is 3.03. The van der Waals surface area contributed by atoms with Crippen molar-refractivity contribution in [3.8, 4) is 0 Å². The smallest absolute Gasteiger partial charge is 0.225 e. The summed E-state index contributed by atoms with van der Waals surface area (Å²) in [5.74, 6) is 2.05. The molecule has 1 amide bonds. The predicted molar refractivity (Wildman–Crippen MR) is 97.8 cm³/mol. The van der Waals surface area contributed by atoms with E-state index in [-0.39, 0.29) is 5.92 Å². The first-order valence-electron chi connectivity index (χ1n) is 9.56. The van der Waals surface area contributed by atoms with Crippen molar-refractivity contribution in [1.82, 2.24) is 9.88 Å². The van der Waals surface area contributed by atoms with Gasteiger partial charge in [0.05, 0.1) is 0 Å². The molecule has 1 aliphatic heterocycles. The Kier molecular flexibility index (Phi) is 4.34. The number of hydrogen-bond acceptors (Lipinski definition) is 1. The van der Waals surface area contributed by atoms with Crippen LogP contribution in [0.5, 0.6) is 0 Å². The summed E-state index contributed by atoms with van der Waals surface area (Å²) < 4.78 is 0. The van der Waals surface area contributed by atoms with Gasteiger partial charge in [0.1, 0.15) is 0 Å². The van der Waals surface area contributed by atoms with Crippen molar-refractivity contribution in [2.45, 2.75) is 45.4 Å². The van der Waals surface area contributed by atoms with Crippen LogP contribution in [0, 0.1) is 17.8 Å². The molecule has 1 aliphatic carbocycles. The van der Waals surface area contributed by atoms with Gasteiger partial charge in [-0.3, -0.25) is 4.79 Å². The molecule has 3 heteroatoms. The number of piperidine rings is 1. The molecule has 2 fully saturated rings. The monoisotopic (exact) mass is 324 g/mol. The lowest BCUT2D eigenvalue weighted by Gasteiger charge is -2.42. The maximum atomic E-state index is 13.0. The Morgan fingerprint density at radius 3 is 2.88 bits per heavy atom. The Bertz CT molecular complexity index is 719. The van der Waals surface area contributed by atoms with E-state index in [0.717, 1.165) is 36.9 Å². The zero-order valence-corrected chi connectivity index (χ0v) is 14.6. The zero-order chi connectivity index (χ0) is 16.5. The van der Waals surface area contributed by atoms with Gasteiger partial charge in [0.25, 0.3) is 0 Å². The van der Waals surface area contributed by atoms with Crippen LogP contribution in [0.25, 0.3) is 10.9 Å². The van der Waals surface area contributed by atoms with E-state index in [1.807, 2.05) is 6.07 Å². The maximum Gasteiger partial charge on any atom is 0.225 e. The highest BCUT2D eigenvalue weighted by Crippen LogP contribution is 2.36. The number of amides is 1. The second-order valence-corrected chi connectivity index (χ2v) is 7.84. The Morgan fingerprint density at radius 1 is 1.21 bits per heavy atom. The highest BCUT2D eigenvalue weighted by molar-refractivity contribution is 5.84. The number of benzene rings is 1. The molecule has 3 unspecified atom stereocenters. The molecule has 0 bridgehead atoms. The van der Waals surface area contributed by atoms with Crippen LogP contribution >= 0.6 is 0 Å². The average molecular weight is 324 g/mol. The minimum atomic E-state index is 0.0596. The maximum absolute atomic E-state index is 13.0. The summed E-state index contributed by atoms with van der Waals surface area (Å²) in [6.07, 6.45) is 9.58. The molecule has 1 aromatic heterocycles. The van der Waals surface area contributed by atoms with Crippen molar-refractivity contribution in [2.75, 3.05) is 13.1 Å². The minimum Gasteiger partial charge on any atom is -0.361 e. The summed E-state index contributed by atoms with van der Waals surface area (Å²) in [6.45, 7) is 4.07. The third kappa shape index (κ3) is 2.97. The Hall–Kier alpha value is -1.77. The number of hydrogen-bond donors (Lipinski definition) is 1. The molecule has 0 radical (unpaired) electrons. The van der Waals surface area contributed by atoms with Crippen LogP contribution in [0.4, 0.5) is 0 Å². The van der Waals surface area contributed by atoms with Gasteiger partial charge in [-0.05, 0) is 42.7 Å². The van der Waals surface area contributed by atoms with Gasteiger partial charge in [-0.15, -0.1) is 0 Å².